The van der Waals surface area contributed by atoms with Crippen LogP contribution >= 0.6 is 0 Å². The van der Waals surface area contributed by atoms with Gasteiger partial charge in [0.15, 0.2) is 0 Å². The number of carbonyl (C=O) groups excluding carboxylic acids is 1. The molecule has 0 bridgehead atoms. The van der Waals surface area contributed by atoms with E-state index < -0.39 is 5.97 Å². The smallest absolute Gasteiger partial charge is 0.550 e. The van der Waals surface area contributed by atoms with Gasteiger partial charge in [-0.15, -0.1) is 0 Å². The first-order valence-corrected chi connectivity index (χ1v) is 7.26. The Kier molecular flexibility index (Phi) is 8.62. The molecule has 0 unspecified atom stereocenters. The van der Waals surface area contributed by atoms with Crippen LogP contribution in [0.15, 0.2) is 59.6 Å². The van der Waals surface area contributed by atoms with Gasteiger partial charge in [0.25, 0.3) is 0 Å². The van der Waals surface area contributed by atoms with E-state index in [2.05, 4.69) is 4.99 Å². The van der Waals surface area contributed by atoms with E-state index in [-0.39, 0.29) is 41.7 Å². The molecule has 114 valence electrons. The number of aliphatic carboxylic acids is 1. The molecule has 2 rings (SSSR count). The molecule has 0 radical (unpaired) electrons. The first kappa shape index (κ1) is 19.4. The summed E-state index contributed by atoms with van der Waals surface area (Å²) in [4.78, 5) is 15.0. The molecule has 0 aliphatic rings. The van der Waals surface area contributed by atoms with Crippen LogP contribution in [0.3, 0.4) is 0 Å². The van der Waals surface area contributed by atoms with Crippen LogP contribution in [-0.4, -0.2) is 23.3 Å². The van der Waals surface area contributed by atoms with Gasteiger partial charge in [-0.25, -0.2) is 0 Å². The standard InChI is InChI=1S/C18H19NO3.Na/c20-16-11-5-4-10-15(16)18(14-8-2-1-3-9-14)19-13-7-6-12-17(21)22;/h1-5,8-11,20H,6-7,12-13H2,(H,21,22);/q;+1/p-1. The van der Waals surface area contributed by atoms with Gasteiger partial charge in [0, 0.05) is 23.6 Å². The van der Waals surface area contributed by atoms with Crippen LogP contribution in [0, 0.1) is 0 Å². The molecule has 0 spiro atoms. The molecular weight excluding hydrogens is 301 g/mol. The Morgan fingerprint density at radius 2 is 1.65 bits per heavy atom. The molecule has 0 amide bonds. The Bertz CT molecular complexity index is 656. The Morgan fingerprint density at radius 1 is 1.00 bits per heavy atom. The summed E-state index contributed by atoms with van der Waals surface area (Å²) in [7, 11) is 0. The molecule has 2 aromatic carbocycles. The van der Waals surface area contributed by atoms with Crippen LogP contribution in [0.25, 0.3) is 0 Å². The summed E-state index contributed by atoms with van der Waals surface area (Å²) in [5.74, 6) is -0.854. The van der Waals surface area contributed by atoms with Crippen LogP contribution in [0.1, 0.15) is 30.4 Å². The normalized spacial score (nSPS) is 10.9. The average Bonchev–Trinajstić information content (AvgIpc) is 2.52. The Labute approximate surface area is 158 Å². The third-order valence-electron chi connectivity index (χ3n) is 3.27. The van der Waals surface area contributed by atoms with Crippen molar-refractivity contribution in [1.82, 2.24) is 0 Å². The molecule has 0 atom stereocenters. The number of nitrogens with zero attached hydrogens (tertiary/aromatic N) is 1. The zero-order valence-corrected chi connectivity index (χ0v) is 15.2. The van der Waals surface area contributed by atoms with E-state index in [1.54, 1.807) is 12.1 Å². The van der Waals surface area contributed by atoms with Gasteiger partial charge in [0.05, 0.1) is 5.71 Å². The van der Waals surface area contributed by atoms with Gasteiger partial charge in [-0.1, -0.05) is 42.5 Å². The largest absolute Gasteiger partial charge is 1.00 e. The molecule has 0 saturated heterocycles. The third-order valence-corrected chi connectivity index (χ3v) is 3.27. The first-order chi connectivity index (χ1) is 10.7. The number of aromatic hydroxyl groups is 1. The fourth-order valence-corrected chi connectivity index (χ4v) is 2.17. The maximum atomic E-state index is 10.4. The monoisotopic (exact) mass is 319 g/mol. The number of rotatable bonds is 7. The van der Waals surface area contributed by atoms with Crippen molar-refractivity contribution in [3.63, 3.8) is 0 Å². The maximum Gasteiger partial charge on any atom is 1.00 e. The number of unbranched alkanes of at least 4 members (excludes halogenated alkanes) is 1. The molecule has 0 heterocycles. The minimum atomic E-state index is -1.03. The van der Waals surface area contributed by atoms with Crippen LogP contribution < -0.4 is 34.7 Å². The number of carboxylic acid groups (broad SMARTS) is 1. The van der Waals surface area contributed by atoms with Gasteiger partial charge < -0.3 is 15.0 Å². The quantitative estimate of drug-likeness (QED) is 0.411. The second-order valence-electron chi connectivity index (χ2n) is 4.94. The van der Waals surface area contributed by atoms with Crippen molar-refractivity contribution in [3.05, 3.63) is 65.7 Å². The van der Waals surface area contributed by atoms with E-state index in [0.29, 0.717) is 30.7 Å². The number of carboxylic acids is 1. The summed E-state index contributed by atoms with van der Waals surface area (Å²) in [5, 5.41) is 20.5. The van der Waals surface area contributed by atoms with E-state index in [9.17, 15) is 15.0 Å². The topological polar surface area (TPSA) is 72.7 Å². The molecule has 0 aliphatic carbocycles. The number of hydrogen-bond acceptors (Lipinski definition) is 4. The minimum Gasteiger partial charge on any atom is -0.550 e. The number of para-hydroxylation sites is 1. The summed E-state index contributed by atoms with van der Waals surface area (Å²) in [6.07, 6.45) is 1.25. The predicted octanol–water partition coefficient (Wildman–Crippen LogP) is -0.846. The zero-order chi connectivity index (χ0) is 15.8. The molecule has 0 fully saturated rings. The van der Waals surface area contributed by atoms with E-state index >= 15 is 0 Å². The van der Waals surface area contributed by atoms with Crippen molar-refractivity contribution in [2.75, 3.05) is 6.54 Å². The van der Waals surface area contributed by atoms with Crippen molar-refractivity contribution >= 4 is 11.7 Å². The zero-order valence-electron chi connectivity index (χ0n) is 13.2. The molecule has 4 nitrogen and oxygen atoms in total. The second kappa shape index (κ2) is 10.2. The number of hydrogen-bond donors (Lipinski definition) is 1. The molecular formula is C18H18NNaO3. The van der Waals surface area contributed by atoms with Gasteiger partial charge in [-0.3, -0.25) is 4.99 Å². The SMILES string of the molecule is O=C([O-])CCCCN=C(c1ccccc1)c1ccccc1O.[Na+]. The number of phenols is 1. The predicted molar refractivity (Wildman–Crippen MR) is 83.9 cm³/mol. The molecule has 2 aromatic rings. The minimum absolute atomic E-state index is 0. The van der Waals surface area contributed by atoms with Gasteiger partial charge in [-0.2, -0.15) is 0 Å². The summed E-state index contributed by atoms with van der Waals surface area (Å²) in [5.41, 5.74) is 2.31. The van der Waals surface area contributed by atoms with Crippen LogP contribution in [0.4, 0.5) is 0 Å². The molecule has 1 N–H and O–H groups in total. The number of phenolic OH excluding ortho intramolecular Hbond substituents is 1. The molecule has 0 aliphatic heterocycles. The van der Waals surface area contributed by atoms with E-state index in [4.69, 9.17) is 0 Å². The van der Waals surface area contributed by atoms with E-state index in [0.717, 1.165) is 5.56 Å². The van der Waals surface area contributed by atoms with E-state index in [1.807, 2.05) is 42.5 Å². The third kappa shape index (κ3) is 6.18. The average molecular weight is 319 g/mol. The Morgan fingerprint density at radius 3 is 2.30 bits per heavy atom. The Balaban J connectivity index is 0.00000264. The van der Waals surface area contributed by atoms with Crippen molar-refractivity contribution in [2.45, 2.75) is 19.3 Å². The summed E-state index contributed by atoms with van der Waals surface area (Å²) in [6.45, 7) is 0.506. The molecule has 23 heavy (non-hydrogen) atoms. The van der Waals surface area contributed by atoms with Gasteiger partial charge in [0.1, 0.15) is 5.75 Å². The summed E-state index contributed by atoms with van der Waals surface area (Å²) < 4.78 is 0. The van der Waals surface area contributed by atoms with Gasteiger partial charge in [0.2, 0.25) is 0 Å². The maximum absolute atomic E-state index is 10.4. The van der Waals surface area contributed by atoms with Crippen molar-refractivity contribution in [2.24, 2.45) is 4.99 Å². The van der Waals surface area contributed by atoms with Crippen molar-refractivity contribution in [1.29, 1.82) is 0 Å². The van der Waals surface area contributed by atoms with Crippen LogP contribution in [0.2, 0.25) is 0 Å². The van der Waals surface area contributed by atoms with Crippen LogP contribution in [-0.2, 0) is 4.79 Å². The molecule has 0 aromatic heterocycles. The van der Waals surface area contributed by atoms with Crippen molar-refractivity contribution < 1.29 is 44.6 Å². The number of benzene rings is 2. The fourth-order valence-electron chi connectivity index (χ4n) is 2.17. The number of aliphatic imine (C=N–C) groups is 1. The van der Waals surface area contributed by atoms with Crippen LogP contribution in [0.5, 0.6) is 5.75 Å². The summed E-state index contributed by atoms with van der Waals surface area (Å²) >= 11 is 0. The van der Waals surface area contributed by atoms with Gasteiger partial charge in [-0.05, 0) is 31.4 Å². The van der Waals surface area contributed by atoms with Crippen molar-refractivity contribution in [3.8, 4) is 5.75 Å². The molecule has 5 heteroatoms. The number of carbonyl (C=O) groups is 1. The van der Waals surface area contributed by atoms with E-state index in [1.165, 1.54) is 0 Å². The molecule has 0 saturated carbocycles. The fraction of sp³-hybridized carbons (Fsp3) is 0.222. The van der Waals surface area contributed by atoms with Gasteiger partial charge >= 0.3 is 29.6 Å². The first-order valence-electron chi connectivity index (χ1n) is 7.26. The summed E-state index contributed by atoms with van der Waals surface area (Å²) in [6, 6.07) is 16.7. The Hall–Kier alpha value is -1.62. The second-order valence-corrected chi connectivity index (χ2v) is 4.94.